The Bertz CT molecular complexity index is 677. The maximum atomic E-state index is 11.9. The van der Waals surface area contributed by atoms with Crippen molar-refractivity contribution in [3.05, 3.63) is 33.4 Å². The summed E-state index contributed by atoms with van der Waals surface area (Å²) in [5.74, 6) is 0. The van der Waals surface area contributed by atoms with Crippen LogP contribution in [0, 0.1) is 0 Å². The number of halogens is 1. The van der Waals surface area contributed by atoms with Crippen LogP contribution in [-0.2, 0) is 18.8 Å². The van der Waals surface area contributed by atoms with E-state index in [9.17, 15) is 4.79 Å². The van der Waals surface area contributed by atoms with Crippen LogP contribution < -0.4 is 5.32 Å². The fourth-order valence-corrected chi connectivity index (χ4v) is 3.67. The van der Waals surface area contributed by atoms with Gasteiger partial charge in [0.15, 0.2) is 0 Å². The number of allylic oxidation sites excluding steroid dienone is 3. The number of ether oxygens (including phenoxy) is 2. The molecule has 25 heavy (non-hydrogen) atoms. The summed E-state index contributed by atoms with van der Waals surface area (Å²) in [4.78, 5) is 11.9. The Morgan fingerprint density at radius 3 is 2.88 bits per heavy atom. The van der Waals surface area contributed by atoms with E-state index < -0.39 is 24.4 Å². The summed E-state index contributed by atoms with van der Waals surface area (Å²) < 4.78 is 23.9. The summed E-state index contributed by atoms with van der Waals surface area (Å²) >= 11 is 3.63. The minimum Gasteiger partial charge on any atom is -0.497 e. The molecule has 1 atom stereocenters. The molecular weight excluding hydrogens is 389 g/mol. The summed E-state index contributed by atoms with van der Waals surface area (Å²) in [6, 6.07) is 0. The topological polar surface area (TPSA) is 66.0 Å². The molecule has 136 valence electrons. The van der Waals surface area contributed by atoms with Crippen LogP contribution in [0.2, 0.25) is 0 Å². The molecule has 3 heterocycles. The van der Waals surface area contributed by atoms with Crippen molar-refractivity contribution < 1.29 is 23.6 Å². The lowest BCUT2D eigenvalue weighted by Crippen LogP contribution is -2.43. The second kappa shape index (κ2) is 6.48. The normalized spacial score (nSPS) is 24.7. The van der Waals surface area contributed by atoms with Gasteiger partial charge in [0.2, 0.25) is 0 Å². The highest BCUT2D eigenvalue weighted by molar-refractivity contribution is 9.11. The van der Waals surface area contributed by atoms with Gasteiger partial charge in [-0.15, -0.1) is 0 Å². The highest BCUT2D eigenvalue weighted by Crippen LogP contribution is 2.45. The average molecular weight is 412 g/mol. The second-order valence-corrected chi connectivity index (χ2v) is 8.59. The minimum atomic E-state index is -0.544. The van der Waals surface area contributed by atoms with Crippen LogP contribution >= 0.6 is 15.9 Å². The van der Waals surface area contributed by atoms with Gasteiger partial charge in [0.1, 0.15) is 12.2 Å². The molecule has 1 N–H and O–H groups in total. The molecule has 0 radical (unpaired) electrons. The Morgan fingerprint density at radius 2 is 2.20 bits per heavy atom. The van der Waals surface area contributed by atoms with Crippen molar-refractivity contribution in [2.75, 3.05) is 13.2 Å². The monoisotopic (exact) mass is 411 g/mol. The zero-order valence-electron chi connectivity index (χ0n) is 15.1. The van der Waals surface area contributed by atoms with Gasteiger partial charge in [-0.25, -0.2) is 4.79 Å². The molecule has 0 aromatic heterocycles. The molecule has 0 spiro atoms. The van der Waals surface area contributed by atoms with Crippen molar-refractivity contribution in [3.8, 4) is 0 Å². The Kier molecular flexibility index (Phi) is 4.81. The molecule has 8 heteroatoms. The van der Waals surface area contributed by atoms with Gasteiger partial charge in [0.25, 0.3) is 0 Å². The van der Waals surface area contributed by atoms with Crippen LogP contribution in [0.1, 0.15) is 34.6 Å². The molecule has 0 saturated heterocycles. The summed E-state index contributed by atoms with van der Waals surface area (Å²) in [6.07, 6.45) is 2.75. The Labute approximate surface area is 156 Å². The van der Waals surface area contributed by atoms with Gasteiger partial charge in [-0.05, 0) is 57.3 Å². The molecule has 0 unspecified atom stereocenters. The van der Waals surface area contributed by atoms with E-state index in [2.05, 4.69) is 21.2 Å². The van der Waals surface area contributed by atoms with Crippen LogP contribution in [0.4, 0.5) is 4.79 Å². The molecule has 0 fully saturated rings. The standard InChI is InChI=1S/C17H23BBrNO5/c1-16(2,3)23-15(21)20-8-12-14(19)10-6-7-22-9-11-13(10)18(24-12)25-17(11,4)5/h6-7,12H,8-9H2,1-5H3,(H,20,21)/t12-/m1/s1. The number of amides is 1. The molecule has 3 rings (SSSR count). The molecule has 0 aliphatic carbocycles. The Balaban J connectivity index is 1.80. The zero-order valence-corrected chi connectivity index (χ0v) is 16.7. The average Bonchev–Trinajstić information content (AvgIpc) is 2.63. The summed E-state index contributed by atoms with van der Waals surface area (Å²) in [5, 5.41) is 2.75. The van der Waals surface area contributed by atoms with Crippen LogP contribution in [0.3, 0.4) is 0 Å². The molecular formula is C17H23BBrNO5. The molecule has 0 saturated carbocycles. The molecule has 3 aliphatic heterocycles. The van der Waals surface area contributed by atoms with E-state index >= 15 is 0 Å². The first-order valence-corrected chi connectivity index (χ1v) is 9.09. The van der Waals surface area contributed by atoms with Crippen LogP contribution in [0.5, 0.6) is 0 Å². The smallest absolute Gasteiger partial charge is 0.495 e. The number of hydrogen-bond donors (Lipinski definition) is 1. The summed E-state index contributed by atoms with van der Waals surface area (Å²) in [5.41, 5.74) is 2.08. The lowest BCUT2D eigenvalue weighted by Gasteiger charge is -2.29. The van der Waals surface area contributed by atoms with E-state index in [0.717, 1.165) is 21.1 Å². The third kappa shape index (κ3) is 3.81. The predicted molar refractivity (Wildman–Crippen MR) is 98.1 cm³/mol. The third-order valence-corrected chi connectivity index (χ3v) is 5.13. The zero-order chi connectivity index (χ0) is 18.4. The Hall–Kier alpha value is -1.25. The first-order valence-electron chi connectivity index (χ1n) is 8.30. The number of alkyl carbamates (subject to hydrolysis) is 1. The molecule has 0 aromatic carbocycles. The van der Waals surface area contributed by atoms with Crippen LogP contribution in [-0.4, -0.2) is 43.7 Å². The second-order valence-electron chi connectivity index (χ2n) is 7.74. The summed E-state index contributed by atoms with van der Waals surface area (Å²) in [7, 11) is -0.474. The number of hydrogen-bond acceptors (Lipinski definition) is 5. The van der Waals surface area contributed by atoms with E-state index in [1.807, 2.05) is 40.7 Å². The number of carbonyl (C=O) groups excluding carboxylic acids is 1. The minimum absolute atomic E-state index is 0.274. The molecule has 0 bridgehead atoms. The summed E-state index contributed by atoms with van der Waals surface area (Å²) in [6.45, 7) is 10.2. The van der Waals surface area contributed by atoms with Crippen molar-refractivity contribution in [3.63, 3.8) is 0 Å². The highest BCUT2D eigenvalue weighted by Gasteiger charge is 2.50. The van der Waals surface area contributed by atoms with Crippen molar-refractivity contribution in [1.82, 2.24) is 5.32 Å². The van der Waals surface area contributed by atoms with Gasteiger partial charge in [-0.1, -0.05) is 15.9 Å². The SMILES string of the molecule is CC(C)(C)OC(=O)NC[C@H]1OB2OC(C)(C)C3=C2C(=C1Br)C=COC3. The van der Waals surface area contributed by atoms with Gasteiger partial charge in [0.05, 0.1) is 24.5 Å². The van der Waals surface area contributed by atoms with Crippen LogP contribution in [0.25, 0.3) is 0 Å². The van der Waals surface area contributed by atoms with Crippen molar-refractivity contribution >= 4 is 29.1 Å². The first kappa shape index (κ1) is 18.5. The largest absolute Gasteiger partial charge is 0.497 e. The number of carbonyl (C=O) groups is 1. The van der Waals surface area contributed by atoms with Gasteiger partial charge in [-0.2, -0.15) is 0 Å². The lowest BCUT2D eigenvalue weighted by atomic mass is 9.70. The molecule has 1 amide bonds. The quantitative estimate of drug-likeness (QED) is 0.706. The molecule has 6 nitrogen and oxygen atoms in total. The first-order chi connectivity index (χ1) is 11.6. The van der Waals surface area contributed by atoms with E-state index in [-0.39, 0.29) is 12.6 Å². The fraction of sp³-hybridized carbons (Fsp3) is 0.588. The number of rotatable bonds is 2. The van der Waals surface area contributed by atoms with Gasteiger partial charge < -0.3 is 24.1 Å². The van der Waals surface area contributed by atoms with Gasteiger partial charge in [0, 0.05) is 4.48 Å². The van der Waals surface area contributed by atoms with Crippen LogP contribution in [0.15, 0.2) is 33.4 Å². The molecule has 3 aliphatic rings. The fourth-order valence-electron chi connectivity index (χ4n) is 3.06. The van der Waals surface area contributed by atoms with Gasteiger partial charge in [-0.3, -0.25) is 0 Å². The van der Waals surface area contributed by atoms with E-state index in [4.69, 9.17) is 18.8 Å². The highest BCUT2D eigenvalue weighted by atomic mass is 79.9. The molecule has 0 aromatic rings. The van der Waals surface area contributed by atoms with E-state index in [1.165, 1.54) is 0 Å². The van der Waals surface area contributed by atoms with E-state index in [0.29, 0.717) is 6.61 Å². The number of nitrogens with one attached hydrogen (secondary N) is 1. The predicted octanol–water partition coefficient (Wildman–Crippen LogP) is 3.24. The van der Waals surface area contributed by atoms with E-state index in [1.54, 1.807) is 6.26 Å². The van der Waals surface area contributed by atoms with Gasteiger partial charge >= 0.3 is 13.2 Å². The maximum absolute atomic E-state index is 11.9. The van der Waals surface area contributed by atoms with Crippen molar-refractivity contribution in [2.24, 2.45) is 0 Å². The lowest BCUT2D eigenvalue weighted by molar-refractivity contribution is 0.0489. The third-order valence-electron chi connectivity index (χ3n) is 4.20. The maximum Gasteiger partial charge on any atom is 0.495 e. The van der Waals surface area contributed by atoms with Crippen molar-refractivity contribution in [2.45, 2.75) is 51.9 Å². The Morgan fingerprint density at radius 1 is 1.48 bits per heavy atom. The van der Waals surface area contributed by atoms with Crippen molar-refractivity contribution in [1.29, 1.82) is 0 Å².